The molecule has 0 radical (unpaired) electrons. The van der Waals surface area contributed by atoms with Crippen LogP contribution in [0.25, 0.3) is 22.0 Å². The zero-order valence-corrected chi connectivity index (χ0v) is 25.1. The lowest BCUT2D eigenvalue weighted by atomic mass is 9.92. The fourth-order valence-corrected chi connectivity index (χ4v) is 6.20. The number of nitrogens with one attached hydrogen (secondary N) is 4. The SMILES string of the molecule is CCNC(C(=O)NC(CCCCNC(=O)OCC1c2ccccc2-c2ccccc21)C(=O)O)C(C)c1c[nH]c2ccccc12. The van der Waals surface area contributed by atoms with Gasteiger partial charge in [-0.25, -0.2) is 9.59 Å². The number of aromatic amines is 1. The van der Waals surface area contributed by atoms with Gasteiger partial charge in [-0.3, -0.25) is 4.79 Å². The topological polar surface area (TPSA) is 133 Å². The Labute approximate surface area is 257 Å². The number of carbonyl (C=O) groups excluding carboxylic acids is 2. The Hall–Kier alpha value is -4.63. The van der Waals surface area contributed by atoms with E-state index in [0.29, 0.717) is 25.9 Å². The normalized spacial score (nSPS) is 14.3. The predicted octanol–water partition coefficient (Wildman–Crippen LogP) is 5.53. The molecule has 5 N–H and O–H groups in total. The highest BCUT2D eigenvalue weighted by molar-refractivity contribution is 5.89. The summed E-state index contributed by atoms with van der Waals surface area (Å²) in [7, 11) is 0. The monoisotopic (exact) mass is 596 g/mol. The zero-order valence-electron chi connectivity index (χ0n) is 25.1. The Morgan fingerprint density at radius 1 is 0.932 bits per heavy atom. The Morgan fingerprint density at radius 2 is 1.59 bits per heavy atom. The molecule has 2 amide bonds. The van der Waals surface area contributed by atoms with Crippen LogP contribution >= 0.6 is 0 Å². The van der Waals surface area contributed by atoms with Gasteiger partial charge < -0.3 is 30.8 Å². The fraction of sp³-hybridized carbons (Fsp3) is 0.343. The molecule has 3 aromatic carbocycles. The smallest absolute Gasteiger partial charge is 0.407 e. The van der Waals surface area contributed by atoms with Gasteiger partial charge in [0.1, 0.15) is 12.6 Å². The van der Waals surface area contributed by atoms with Crippen molar-refractivity contribution in [1.29, 1.82) is 0 Å². The summed E-state index contributed by atoms with van der Waals surface area (Å²) in [6.45, 7) is 5.02. The Balaban J connectivity index is 1.08. The molecule has 9 nitrogen and oxygen atoms in total. The number of carboxylic acids is 1. The number of likely N-dealkylation sites (N-methyl/N-ethyl adjacent to an activating group) is 1. The van der Waals surface area contributed by atoms with Crippen LogP contribution in [-0.2, 0) is 14.3 Å². The van der Waals surface area contributed by atoms with E-state index < -0.39 is 24.1 Å². The molecule has 0 bridgehead atoms. The fourth-order valence-electron chi connectivity index (χ4n) is 6.20. The van der Waals surface area contributed by atoms with Gasteiger partial charge in [-0.05, 0) is 59.7 Å². The van der Waals surface area contributed by atoms with Crippen LogP contribution in [0.2, 0.25) is 0 Å². The van der Waals surface area contributed by atoms with E-state index in [4.69, 9.17) is 4.74 Å². The molecule has 1 heterocycles. The van der Waals surface area contributed by atoms with Crippen molar-refractivity contribution < 1.29 is 24.2 Å². The van der Waals surface area contributed by atoms with Crippen LogP contribution in [0.3, 0.4) is 0 Å². The third-order valence-corrected chi connectivity index (χ3v) is 8.47. The Kier molecular flexibility index (Phi) is 9.96. The molecule has 1 aliphatic carbocycles. The summed E-state index contributed by atoms with van der Waals surface area (Å²) >= 11 is 0. The van der Waals surface area contributed by atoms with E-state index in [2.05, 4.69) is 45.2 Å². The van der Waals surface area contributed by atoms with Crippen molar-refractivity contribution >= 4 is 28.9 Å². The molecule has 230 valence electrons. The molecule has 3 atom stereocenters. The number of hydrogen-bond acceptors (Lipinski definition) is 5. The van der Waals surface area contributed by atoms with Gasteiger partial charge in [0, 0.05) is 35.5 Å². The maximum absolute atomic E-state index is 13.3. The minimum absolute atomic E-state index is 0.0159. The van der Waals surface area contributed by atoms with Crippen molar-refractivity contribution in [1.82, 2.24) is 20.9 Å². The van der Waals surface area contributed by atoms with Crippen molar-refractivity contribution in [3.63, 3.8) is 0 Å². The molecule has 0 aliphatic heterocycles. The van der Waals surface area contributed by atoms with Crippen LogP contribution in [0, 0.1) is 0 Å². The van der Waals surface area contributed by atoms with Gasteiger partial charge in [0.15, 0.2) is 0 Å². The van der Waals surface area contributed by atoms with E-state index in [0.717, 1.165) is 27.6 Å². The summed E-state index contributed by atoms with van der Waals surface area (Å²) in [5.74, 6) is -1.65. The van der Waals surface area contributed by atoms with Gasteiger partial charge in [-0.1, -0.05) is 80.6 Å². The van der Waals surface area contributed by atoms with Crippen LogP contribution in [0.15, 0.2) is 79.0 Å². The lowest BCUT2D eigenvalue weighted by Crippen LogP contribution is -2.52. The van der Waals surface area contributed by atoms with Crippen molar-refractivity contribution in [2.45, 2.75) is 57.0 Å². The molecule has 0 saturated heterocycles. The average Bonchev–Trinajstić information content (AvgIpc) is 3.61. The third kappa shape index (κ3) is 6.78. The second kappa shape index (κ2) is 14.2. The van der Waals surface area contributed by atoms with Crippen LogP contribution in [-0.4, -0.2) is 59.8 Å². The van der Waals surface area contributed by atoms with Gasteiger partial charge in [-0.2, -0.15) is 0 Å². The van der Waals surface area contributed by atoms with Crippen molar-refractivity contribution in [2.75, 3.05) is 19.7 Å². The van der Waals surface area contributed by atoms with E-state index in [-0.39, 0.29) is 30.8 Å². The average molecular weight is 597 g/mol. The molecule has 3 unspecified atom stereocenters. The first-order valence-corrected chi connectivity index (χ1v) is 15.3. The van der Waals surface area contributed by atoms with Crippen molar-refractivity contribution in [2.24, 2.45) is 0 Å². The third-order valence-electron chi connectivity index (χ3n) is 8.47. The number of H-pyrrole nitrogens is 1. The number of benzene rings is 3. The summed E-state index contributed by atoms with van der Waals surface area (Å²) in [4.78, 5) is 41.0. The maximum atomic E-state index is 13.3. The molecule has 9 heteroatoms. The van der Waals surface area contributed by atoms with E-state index in [1.807, 2.05) is 68.6 Å². The minimum atomic E-state index is -1.09. The molecule has 1 aromatic heterocycles. The van der Waals surface area contributed by atoms with E-state index in [9.17, 15) is 19.5 Å². The highest BCUT2D eigenvalue weighted by Crippen LogP contribution is 2.44. The first-order chi connectivity index (χ1) is 21.4. The molecule has 1 aliphatic rings. The Bertz CT molecular complexity index is 1570. The quantitative estimate of drug-likeness (QED) is 0.122. The number of hydrogen-bond donors (Lipinski definition) is 5. The number of carbonyl (C=O) groups is 3. The highest BCUT2D eigenvalue weighted by atomic mass is 16.5. The minimum Gasteiger partial charge on any atom is -0.480 e. The number of amides is 2. The number of aromatic nitrogens is 1. The van der Waals surface area contributed by atoms with Crippen LogP contribution in [0.5, 0.6) is 0 Å². The first-order valence-electron chi connectivity index (χ1n) is 15.3. The molecule has 0 spiro atoms. The molecule has 0 fully saturated rings. The highest BCUT2D eigenvalue weighted by Gasteiger charge is 2.31. The molecule has 4 aromatic rings. The number of alkyl carbamates (subject to hydrolysis) is 1. The van der Waals surface area contributed by atoms with Crippen LogP contribution in [0.4, 0.5) is 4.79 Å². The molecular formula is C35H40N4O5. The van der Waals surface area contributed by atoms with Crippen LogP contribution < -0.4 is 16.0 Å². The van der Waals surface area contributed by atoms with Gasteiger partial charge in [0.25, 0.3) is 0 Å². The van der Waals surface area contributed by atoms with E-state index in [1.165, 1.54) is 11.1 Å². The number of para-hydroxylation sites is 1. The van der Waals surface area contributed by atoms with Gasteiger partial charge in [0.05, 0.1) is 6.04 Å². The summed E-state index contributed by atoms with van der Waals surface area (Å²) in [5.41, 5.74) is 6.61. The van der Waals surface area contributed by atoms with Crippen LogP contribution in [0.1, 0.15) is 61.6 Å². The van der Waals surface area contributed by atoms with Gasteiger partial charge >= 0.3 is 12.1 Å². The molecular weight excluding hydrogens is 556 g/mol. The summed E-state index contributed by atoms with van der Waals surface area (Å²) in [5, 5.41) is 19.6. The lowest BCUT2D eigenvalue weighted by molar-refractivity contribution is -0.142. The maximum Gasteiger partial charge on any atom is 0.407 e. The summed E-state index contributed by atoms with van der Waals surface area (Å²) in [6.07, 6.45) is 2.70. The standard InChI is InChI=1S/C35H40N4O5/c1-3-36-32(22(2)28-20-38-30-17-9-8-16-27(28)30)33(40)39-31(34(41)42)18-10-11-19-37-35(43)44-21-29-25-14-6-4-12-23(25)24-13-5-7-15-26(24)29/h4-9,12-17,20,22,29,31-32,36,38H,3,10-11,18-19,21H2,1-2H3,(H,37,43)(H,39,40)(H,41,42). The zero-order chi connectivity index (χ0) is 31.1. The van der Waals surface area contributed by atoms with Gasteiger partial charge in [0.2, 0.25) is 5.91 Å². The summed E-state index contributed by atoms with van der Waals surface area (Å²) in [6, 6.07) is 22.6. The molecule has 0 saturated carbocycles. The number of aliphatic carboxylic acids is 1. The predicted molar refractivity (Wildman–Crippen MR) is 171 cm³/mol. The number of carboxylic acid groups (broad SMARTS) is 1. The number of unbranched alkanes of at least 4 members (excludes halogenated alkanes) is 1. The molecule has 44 heavy (non-hydrogen) atoms. The van der Waals surface area contributed by atoms with Crippen molar-refractivity contribution in [3.8, 4) is 11.1 Å². The molecule has 5 rings (SSSR count). The Morgan fingerprint density at radius 3 is 2.27 bits per heavy atom. The number of ether oxygens (including phenoxy) is 1. The summed E-state index contributed by atoms with van der Waals surface area (Å²) < 4.78 is 5.58. The van der Waals surface area contributed by atoms with E-state index >= 15 is 0 Å². The first kappa shape index (κ1) is 30.8. The number of fused-ring (bicyclic) bond motifs is 4. The second-order valence-electron chi connectivity index (χ2n) is 11.3. The van der Waals surface area contributed by atoms with Crippen molar-refractivity contribution in [3.05, 3.63) is 95.7 Å². The number of rotatable bonds is 14. The van der Waals surface area contributed by atoms with E-state index in [1.54, 1.807) is 0 Å². The van der Waals surface area contributed by atoms with Gasteiger partial charge in [-0.15, -0.1) is 0 Å². The lowest BCUT2D eigenvalue weighted by Gasteiger charge is -2.26. The largest absolute Gasteiger partial charge is 0.480 e. The second-order valence-corrected chi connectivity index (χ2v) is 11.3.